The van der Waals surface area contributed by atoms with E-state index in [1.54, 1.807) is 30.3 Å². The van der Waals surface area contributed by atoms with E-state index >= 15 is 0 Å². The van der Waals surface area contributed by atoms with Gasteiger partial charge in [-0.2, -0.15) is 0 Å². The van der Waals surface area contributed by atoms with Crippen LogP contribution >= 0.6 is 0 Å². The van der Waals surface area contributed by atoms with Crippen LogP contribution in [0, 0.1) is 0 Å². The van der Waals surface area contributed by atoms with Gasteiger partial charge in [0.15, 0.2) is 0 Å². The zero-order chi connectivity index (χ0) is 23.7. The fourth-order valence-corrected chi connectivity index (χ4v) is 4.05. The van der Waals surface area contributed by atoms with Crippen molar-refractivity contribution in [3.8, 4) is 0 Å². The van der Waals surface area contributed by atoms with Crippen LogP contribution in [-0.4, -0.2) is 34.7 Å². The van der Waals surface area contributed by atoms with E-state index in [-0.39, 0.29) is 6.04 Å². The Kier molecular flexibility index (Phi) is 8.35. The van der Waals surface area contributed by atoms with E-state index in [1.807, 2.05) is 60.7 Å². The summed E-state index contributed by atoms with van der Waals surface area (Å²) < 4.78 is 4.66. The molecule has 0 aromatic heterocycles. The summed E-state index contributed by atoms with van der Waals surface area (Å²) in [6.45, 7) is 2.16. The molecule has 0 spiro atoms. The second-order valence-electron chi connectivity index (χ2n) is 7.89. The minimum Gasteiger partial charge on any atom is -0.478 e. The fraction of sp³-hybridized carbons (Fsp3) is 0.259. The van der Waals surface area contributed by atoms with Gasteiger partial charge in [0.2, 0.25) is 6.10 Å². The highest BCUT2D eigenvalue weighted by molar-refractivity contribution is 5.78. The molecule has 3 aromatic rings. The molecule has 33 heavy (non-hydrogen) atoms. The number of carbonyl (C=O) groups excluding carboxylic acids is 1. The Morgan fingerprint density at radius 1 is 0.909 bits per heavy atom. The van der Waals surface area contributed by atoms with E-state index in [1.165, 1.54) is 6.92 Å². The first kappa shape index (κ1) is 24.2. The molecular weight excluding hydrogens is 418 g/mol. The van der Waals surface area contributed by atoms with Gasteiger partial charge in [-0.1, -0.05) is 91.0 Å². The molecular formula is C27H29NO5. The summed E-state index contributed by atoms with van der Waals surface area (Å²) in [6, 6.07) is 28.3. The van der Waals surface area contributed by atoms with Crippen LogP contribution in [0.5, 0.6) is 0 Å². The number of carbonyl (C=O) groups is 2. The Labute approximate surface area is 193 Å². The molecule has 1 saturated heterocycles. The lowest BCUT2D eigenvalue weighted by Gasteiger charge is -2.35. The number of carboxylic acids is 1. The van der Waals surface area contributed by atoms with Gasteiger partial charge in [0, 0.05) is 18.5 Å². The number of ether oxygens (including phenoxy) is 1. The number of benzene rings is 3. The number of hydrogen-bond acceptors (Lipinski definition) is 5. The van der Waals surface area contributed by atoms with Gasteiger partial charge in [0.25, 0.3) is 0 Å². The lowest BCUT2D eigenvalue weighted by molar-refractivity contribution is -0.163. The molecule has 172 valence electrons. The predicted molar refractivity (Wildman–Crippen MR) is 125 cm³/mol. The maximum atomic E-state index is 11.4. The Balaban J connectivity index is 0.000000196. The maximum absolute atomic E-state index is 11.4. The zero-order valence-corrected chi connectivity index (χ0v) is 18.6. The minimum absolute atomic E-state index is 0.0808. The first-order valence-electron chi connectivity index (χ1n) is 10.9. The fourth-order valence-electron chi connectivity index (χ4n) is 4.05. The molecule has 6 heteroatoms. The highest BCUT2D eigenvalue weighted by Crippen LogP contribution is 2.36. The van der Waals surface area contributed by atoms with E-state index in [4.69, 9.17) is 5.11 Å². The molecule has 1 heterocycles. The van der Waals surface area contributed by atoms with Crippen LogP contribution in [-0.2, 0) is 19.9 Å². The second-order valence-corrected chi connectivity index (χ2v) is 7.89. The highest BCUT2D eigenvalue weighted by atomic mass is 16.6. The van der Waals surface area contributed by atoms with Crippen LogP contribution in [0.4, 0.5) is 0 Å². The standard InChI is InChI=1S/C17H19NO.C10H10O4/c19-17(16-12-7-13-18-16,14-8-3-1-4-9-14)15-10-5-2-6-11-15;1-7(11)14-9(10(12)13)8-5-3-2-4-6-8/h1-6,8-11,16,18-19H,7,12-13H2;2-6,9H,1H3,(H,12,13)/t16-;9-/m00/s1. The summed E-state index contributed by atoms with van der Waals surface area (Å²) in [5, 5.41) is 23.6. The molecule has 0 unspecified atom stereocenters. The lowest BCUT2D eigenvalue weighted by atomic mass is 9.79. The first-order valence-corrected chi connectivity index (χ1v) is 10.9. The third-order valence-corrected chi connectivity index (χ3v) is 5.60. The van der Waals surface area contributed by atoms with E-state index in [2.05, 4.69) is 10.1 Å². The molecule has 0 bridgehead atoms. The molecule has 3 N–H and O–H groups in total. The number of aliphatic hydroxyl groups is 1. The monoisotopic (exact) mass is 447 g/mol. The Bertz CT molecular complexity index is 979. The summed E-state index contributed by atoms with van der Waals surface area (Å²) in [4.78, 5) is 21.4. The average molecular weight is 448 g/mol. The number of nitrogens with one attached hydrogen (secondary N) is 1. The third-order valence-electron chi connectivity index (χ3n) is 5.60. The van der Waals surface area contributed by atoms with Crippen LogP contribution in [0.25, 0.3) is 0 Å². The van der Waals surface area contributed by atoms with Crippen LogP contribution in [0.2, 0.25) is 0 Å². The average Bonchev–Trinajstić information content (AvgIpc) is 3.39. The molecule has 1 aliphatic rings. The summed E-state index contributed by atoms with van der Waals surface area (Å²) in [6.07, 6.45) is 0.904. The number of esters is 1. The van der Waals surface area contributed by atoms with Gasteiger partial charge in [-0.05, 0) is 30.5 Å². The quantitative estimate of drug-likeness (QED) is 0.494. The van der Waals surface area contributed by atoms with E-state index in [0.29, 0.717) is 5.56 Å². The van der Waals surface area contributed by atoms with E-state index in [9.17, 15) is 14.7 Å². The second kappa shape index (κ2) is 11.4. The van der Waals surface area contributed by atoms with E-state index < -0.39 is 23.6 Å². The van der Waals surface area contributed by atoms with Crippen molar-refractivity contribution in [1.82, 2.24) is 5.32 Å². The van der Waals surface area contributed by atoms with Crippen LogP contribution in [0.15, 0.2) is 91.0 Å². The van der Waals surface area contributed by atoms with Crippen molar-refractivity contribution < 1.29 is 24.5 Å². The van der Waals surface area contributed by atoms with Crippen molar-refractivity contribution in [2.24, 2.45) is 0 Å². The highest BCUT2D eigenvalue weighted by Gasteiger charge is 2.41. The van der Waals surface area contributed by atoms with Crippen molar-refractivity contribution in [2.45, 2.75) is 37.5 Å². The maximum Gasteiger partial charge on any atom is 0.349 e. The number of carboxylic acid groups (broad SMARTS) is 1. The van der Waals surface area contributed by atoms with Crippen molar-refractivity contribution in [3.63, 3.8) is 0 Å². The molecule has 0 amide bonds. The Morgan fingerprint density at radius 2 is 1.39 bits per heavy atom. The largest absolute Gasteiger partial charge is 0.478 e. The van der Waals surface area contributed by atoms with Crippen molar-refractivity contribution in [3.05, 3.63) is 108 Å². The zero-order valence-electron chi connectivity index (χ0n) is 18.6. The molecule has 0 radical (unpaired) electrons. The molecule has 6 nitrogen and oxygen atoms in total. The number of rotatable bonds is 6. The molecule has 4 rings (SSSR count). The predicted octanol–water partition coefficient (Wildman–Crippen LogP) is 4.05. The van der Waals surface area contributed by atoms with Crippen LogP contribution in [0.1, 0.15) is 42.6 Å². The summed E-state index contributed by atoms with van der Waals surface area (Å²) in [7, 11) is 0. The first-order chi connectivity index (χ1) is 15.9. The summed E-state index contributed by atoms with van der Waals surface area (Å²) in [5.41, 5.74) is 1.43. The summed E-state index contributed by atoms with van der Waals surface area (Å²) in [5.74, 6) is -1.78. The van der Waals surface area contributed by atoms with Gasteiger partial charge in [-0.15, -0.1) is 0 Å². The molecule has 1 fully saturated rings. The molecule has 1 aliphatic heterocycles. The van der Waals surface area contributed by atoms with Crippen LogP contribution in [0.3, 0.4) is 0 Å². The number of hydrogen-bond donors (Lipinski definition) is 3. The normalized spacial score (nSPS) is 16.2. The topological polar surface area (TPSA) is 95.9 Å². The van der Waals surface area contributed by atoms with Crippen LogP contribution < -0.4 is 5.32 Å². The molecule has 0 saturated carbocycles. The third kappa shape index (κ3) is 6.06. The Morgan fingerprint density at radius 3 is 1.79 bits per heavy atom. The van der Waals surface area contributed by atoms with Crippen molar-refractivity contribution in [2.75, 3.05) is 6.54 Å². The van der Waals surface area contributed by atoms with Gasteiger partial charge < -0.3 is 20.3 Å². The number of aliphatic carboxylic acids is 1. The molecule has 3 aromatic carbocycles. The SMILES string of the molecule is CC(=O)O[C@H](C(=O)O)c1ccccc1.OC(c1ccccc1)(c1ccccc1)[C@@H]1CCCN1. The van der Waals surface area contributed by atoms with Crippen molar-refractivity contribution >= 4 is 11.9 Å². The van der Waals surface area contributed by atoms with Gasteiger partial charge in [-0.25, -0.2) is 4.79 Å². The van der Waals surface area contributed by atoms with Gasteiger partial charge in [-0.3, -0.25) is 4.79 Å². The van der Waals surface area contributed by atoms with E-state index in [0.717, 1.165) is 30.5 Å². The lowest BCUT2D eigenvalue weighted by Crippen LogP contribution is -2.46. The van der Waals surface area contributed by atoms with Gasteiger partial charge >= 0.3 is 11.9 Å². The molecule has 0 aliphatic carbocycles. The van der Waals surface area contributed by atoms with Gasteiger partial charge in [0.05, 0.1) is 0 Å². The van der Waals surface area contributed by atoms with Gasteiger partial charge in [0.1, 0.15) is 5.60 Å². The Hall–Kier alpha value is -3.48. The smallest absolute Gasteiger partial charge is 0.349 e. The van der Waals surface area contributed by atoms with Crippen molar-refractivity contribution in [1.29, 1.82) is 0 Å². The summed E-state index contributed by atoms with van der Waals surface area (Å²) >= 11 is 0. The minimum atomic E-state index is -1.21. The molecule has 2 atom stereocenters.